The molecule has 0 saturated carbocycles. The van der Waals surface area contributed by atoms with Crippen LogP contribution in [0.15, 0.2) is 36.4 Å². The van der Waals surface area contributed by atoms with Crippen molar-refractivity contribution >= 4 is 35.0 Å². The Morgan fingerprint density at radius 2 is 1.67 bits per heavy atom. The van der Waals surface area contributed by atoms with Gasteiger partial charge in [-0.3, -0.25) is 14.4 Å². The number of carbonyl (C=O) groups is 4. The molecule has 3 aromatic carbocycles. The number of benzene rings is 3. The average Bonchev–Trinajstić information content (AvgIpc) is 3.21. The Morgan fingerprint density at radius 1 is 0.950 bits per heavy atom. The third-order valence-electron chi connectivity index (χ3n) is 11.7. The van der Waals surface area contributed by atoms with E-state index < -0.39 is 132 Å². The predicted molar refractivity (Wildman–Crippen MR) is 204 cm³/mol. The first-order valence-electron chi connectivity index (χ1n) is 19.0. The molecule has 2 saturated heterocycles. The fraction of sp³-hybridized carbons (Fsp3) is 0.463. The zero-order valence-electron chi connectivity index (χ0n) is 32.4. The van der Waals surface area contributed by atoms with E-state index in [1.54, 1.807) is 0 Å². The summed E-state index contributed by atoms with van der Waals surface area (Å²) in [5, 5.41) is 88.9. The van der Waals surface area contributed by atoms with E-state index in [4.69, 9.17) is 35.3 Å². The topological polar surface area (TPSA) is 288 Å². The quantitative estimate of drug-likeness (QED) is 0.107. The van der Waals surface area contributed by atoms with Crippen molar-refractivity contribution in [3.05, 3.63) is 85.9 Å². The van der Waals surface area contributed by atoms with Crippen LogP contribution in [0, 0.1) is 0 Å². The highest BCUT2D eigenvalue weighted by Crippen LogP contribution is 2.52. The van der Waals surface area contributed by atoms with Gasteiger partial charge in [0.25, 0.3) is 0 Å². The number of ether oxygens (including phenoxy) is 5. The van der Waals surface area contributed by atoms with Gasteiger partial charge in [0.05, 0.1) is 48.7 Å². The minimum Gasteiger partial charge on any atom is -0.507 e. The van der Waals surface area contributed by atoms with E-state index in [-0.39, 0.29) is 51.6 Å². The lowest BCUT2D eigenvalue weighted by molar-refractivity contribution is -0.249. The second-order valence-electron chi connectivity index (χ2n) is 15.4. The highest BCUT2D eigenvalue weighted by molar-refractivity contribution is 6.32. The minimum atomic E-state index is -2.16. The minimum absolute atomic E-state index is 0.0561. The fourth-order valence-corrected chi connectivity index (χ4v) is 8.67. The lowest BCUT2D eigenvalue weighted by Crippen LogP contribution is -2.55. The van der Waals surface area contributed by atoms with Crippen molar-refractivity contribution in [2.75, 3.05) is 13.7 Å². The predicted octanol–water partition coefficient (Wildman–Crippen LogP) is 1.16. The Morgan fingerprint density at radius 3 is 2.33 bits per heavy atom. The van der Waals surface area contributed by atoms with Crippen LogP contribution in [0.2, 0.25) is 5.02 Å². The third-order valence-corrected chi connectivity index (χ3v) is 12.0. The van der Waals surface area contributed by atoms with E-state index in [9.17, 15) is 60.0 Å². The SMILES string of the molecule is COc1cccc2c1C(=O)c1c(O)c3c(c(O)c1C2=O)C[C@@](O)(C(C)=O)C[C@@H]3OC1CC(NC(=O)OCc2ccc([C@@H]3O[C@H](CO)[C@H](O)[C@H](O)[C@H]3O)c(Cl)c2)C(O)C(C)O1. The highest BCUT2D eigenvalue weighted by atomic mass is 35.5. The van der Waals surface area contributed by atoms with Gasteiger partial charge in [-0.05, 0) is 31.5 Å². The molecule has 0 radical (unpaired) electrons. The second-order valence-corrected chi connectivity index (χ2v) is 15.8. The largest absolute Gasteiger partial charge is 0.507 e. The van der Waals surface area contributed by atoms with Crippen LogP contribution in [0.25, 0.3) is 0 Å². The van der Waals surface area contributed by atoms with Crippen LogP contribution in [0.1, 0.15) is 93.0 Å². The zero-order valence-corrected chi connectivity index (χ0v) is 33.2. The molecule has 1 amide bonds. The van der Waals surface area contributed by atoms with E-state index in [1.807, 2.05) is 0 Å². The summed E-state index contributed by atoms with van der Waals surface area (Å²) in [7, 11) is 1.30. The van der Waals surface area contributed by atoms with Gasteiger partial charge in [0.1, 0.15) is 66.1 Å². The van der Waals surface area contributed by atoms with Gasteiger partial charge in [0.2, 0.25) is 5.78 Å². The molecule has 2 aliphatic carbocycles. The number of Topliss-reactive ketones (excluding diaryl/α,β-unsaturated/α-hetero) is 1. The number of alkyl carbamates (subject to hydrolysis) is 1. The van der Waals surface area contributed by atoms with Gasteiger partial charge in [-0.1, -0.05) is 35.9 Å². The molecule has 2 aliphatic heterocycles. The summed E-state index contributed by atoms with van der Waals surface area (Å²) in [6, 6.07) is 7.65. The molecule has 18 nitrogen and oxygen atoms in total. The fourth-order valence-electron chi connectivity index (χ4n) is 8.36. The normalized spacial score (nSPS) is 31.1. The number of carbonyl (C=O) groups excluding carboxylic acids is 4. The van der Waals surface area contributed by atoms with Gasteiger partial charge < -0.3 is 69.9 Å². The van der Waals surface area contributed by atoms with Crippen molar-refractivity contribution < 1.29 is 83.7 Å². The number of rotatable bonds is 9. The van der Waals surface area contributed by atoms with Crippen LogP contribution in [-0.4, -0.2) is 133 Å². The molecule has 11 atom stereocenters. The molecule has 4 unspecified atom stereocenters. The summed E-state index contributed by atoms with van der Waals surface area (Å²) in [5.74, 6) is -3.71. The maximum Gasteiger partial charge on any atom is 0.407 e. The van der Waals surface area contributed by atoms with Crippen molar-refractivity contribution in [1.29, 1.82) is 0 Å². The molecule has 0 bridgehead atoms. The number of nitrogens with one attached hydrogen (secondary N) is 1. The van der Waals surface area contributed by atoms with Gasteiger partial charge in [0, 0.05) is 46.5 Å². The zero-order chi connectivity index (χ0) is 43.5. The number of aromatic hydroxyl groups is 2. The van der Waals surface area contributed by atoms with Gasteiger partial charge in [-0.25, -0.2) is 4.79 Å². The number of halogens is 1. The standard InChI is InChI=1S/C41H44ClNO17/c1-15-31(46)22(43-40(54)57-14-17-7-8-18(21(42)9-17)39-38(53)37(52)34(49)25(13-44)60-39)10-26(58-15)59-24-12-41(55,16(2)45)11-20-28(24)36(51)30-29(33(20)48)32(47)19-5-4-6-23(56-3)27(19)35(30)50/h4-9,15,22,24-26,31,34,37-39,44,46,48-49,51-53,55H,10-14H2,1-3H3,(H,43,54)/t15?,22?,24-,25+,26?,31?,34-,37-,38+,39-,41-/m0/s1. The molecule has 4 aliphatic rings. The maximum atomic E-state index is 13.9. The number of aliphatic hydroxyl groups excluding tert-OH is 5. The summed E-state index contributed by atoms with van der Waals surface area (Å²) in [6.07, 6.45) is -14.3. The van der Waals surface area contributed by atoms with Gasteiger partial charge in [-0.15, -0.1) is 0 Å². The maximum absolute atomic E-state index is 13.9. The first-order chi connectivity index (χ1) is 28.4. The second kappa shape index (κ2) is 16.6. The number of phenolic OH excluding ortho intramolecular Hbond substituents is 2. The van der Waals surface area contributed by atoms with Gasteiger partial charge >= 0.3 is 6.09 Å². The third kappa shape index (κ3) is 7.50. The number of phenols is 2. The summed E-state index contributed by atoms with van der Waals surface area (Å²) >= 11 is 6.46. The van der Waals surface area contributed by atoms with Gasteiger partial charge in [0.15, 0.2) is 17.9 Å². The smallest absolute Gasteiger partial charge is 0.407 e. The average molecular weight is 858 g/mol. The molecule has 322 valence electrons. The first kappa shape index (κ1) is 43.4. The summed E-state index contributed by atoms with van der Waals surface area (Å²) in [4.78, 5) is 53.6. The molecule has 7 rings (SSSR count). The Hall–Kier alpha value is -4.73. The van der Waals surface area contributed by atoms with Gasteiger partial charge in [-0.2, -0.15) is 0 Å². The Kier molecular flexibility index (Phi) is 12.0. The number of ketones is 3. The number of aliphatic hydroxyl groups is 6. The van der Waals surface area contributed by atoms with Crippen LogP contribution in [0.4, 0.5) is 4.79 Å². The van der Waals surface area contributed by atoms with Crippen molar-refractivity contribution in [2.45, 2.75) is 106 Å². The molecule has 60 heavy (non-hydrogen) atoms. The van der Waals surface area contributed by atoms with Crippen molar-refractivity contribution in [3.63, 3.8) is 0 Å². The molecular weight excluding hydrogens is 814 g/mol. The van der Waals surface area contributed by atoms with E-state index in [0.29, 0.717) is 5.56 Å². The first-order valence-corrected chi connectivity index (χ1v) is 19.4. The Labute approximate surface area is 346 Å². The van der Waals surface area contributed by atoms with Crippen LogP contribution in [0.3, 0.4) is 0 Å². The number of hydrogen-bond acceptors (Lipinski definition) is 17. The van der Waals surface area contributed by atoms with E-state index in [0.717, 1.165) is 6.92 Å². The van der Waals surface area contributed by atoms with Crippen molar-refractivity contribution in [3.8, 4) is 17.2 Å². The summed E-state index contributed by atoms with van der Waals surface area (Å²) in [5.41, 5.74) is -3.13. The van der Waals surface area contributed by atoms with Crippen molar-refractivity contribution in [2.24, 2.45) is 0 Å². The summed E-state index contributed by atoms with van der Waals surface area (Å²) < 4.78 is 28.4. The van der Waals surface area contributed by atoms with E-state index in [1.165, 1.54) is 50.4 Å². The molecule has 9 N–H and O–H groups in total. The molecule has 19 heteroatoms. The Balaban J connectivity index is 1.09. The summed E-state index contributed by atoms with van der Waals surface area (Å²) in [6.45, 7) is 1.67. The highest BCUT2D eigenvalue weighted by Gasteiger charge is 2.50. The van der Waals surface area contributed by atoms with Crippen molar-refractivity contribution in [1.82, 2.24) is 5.32 Å². The lowest BCUT2D eigenvalue weighted by atomic mass is 9.72. The number of hydrogen-bond donors (Lipinski definition) is 9. The van der Waals surface area contributed by atoms with Crippen LogP contribution < -0.4 is 10.1 Å². The Bertz CT molecular complexity index is 2230. The molecular formula is C41H44ClNO17. The molecule has 2 fully saturated rings. The van der Waals surface area contributed by atoms with E-state index >= 15 is 0 Å². The number of amides is 1. The number of methoxy groups -OCH3 is 1. The molecule has 0 spiro atoms. The molecule has 3 aromatic rings. The molecule has 0 aromatic heterocycles. The molecule has 2 heterocycles. The van der Waals surface area contributed by atoms with Crippen LogP contribution in [-0.2, 0) is 36.8 Å². The van der Waals surface area contributed by atoms with Crippen LogP contribution in [0.5, 0.6) is 17.2 Å². The lowest BCUT2D eigenvalue weighted by Gasteiger charge is -2.42. The number of fused-ring (bicyclic) bond motifs is 3. The monoisotopic (exact) mass is 857 g/mol. The van der Waals surface area contributed by atoms with Crippen LogP contribution >= 0.6 is 11.6 Å². The van der Waals surface area contributed by atoms with E-state index in [2.05, 4.69) is 5.32 Å².